The summed E-state index contributed by atoms with van der Waals surface area (Å²) >= 11 is 0. The van der Waals surface area contributed by atoms with Crippen LogP contribution in [0.25, 0.3) is 0 Å². The Morgan fingerprint density at radius 3 is 2.87 bits per heavy atom. The summed E-state index contributed by atoms with van der Waals surface area (Å²) in [6.45, 7) is 4.14. The molecule has 0 bridgehead atoms. The fourth-order valence-corrected chi connectivity index (χ4v) is 1.84. The minimum absolute atomic E-state index is 0.0296. The highest BCUT2D eigenvalue weighted by Gasteiger charge is 2.26. The number of hydrogen-bond acceptors (Lipinski definition) is 2. The minimum atomic E-state index is -0.355. The molecule has 0 aliphatic carbocycles. The Kier molecular flexibility index (Phi) is 2.47. The van der Waals surface area contributed by atoms with E-state index in [0.29, 0.717) is 17.9 Å². The van der Waals surface area contributed by atoms with Crippen molar-refractivity contribution < 1.29 is 9.18 Å². The number of fused-ring (bicyclic) bond motifs is 1. The van der Waals surface area contributed by atoms with Crippen LogP contribution in [0, 0.1) is 11.7 Å². The molecule has 80 valence electrons. The zero-order chi connectivity index (χ0) is 11.0. The Morgan fingerprint density at radius 1 is 1.47 bits per heavy atom. The zero-order valence-electron chi connectivity index (χ0n) is 8.88. The number of nitrogens with one attached hydrogen (secondary N) is 1. The molecule has 1 N–H and O–H groups in total. The lowest BCUT2D eigenvalue weighted by Crippen LogP contribution is -2.33. The van der Waals surface area contributed by atoms with Crippen LogP contribution in [0.5, 0.6) is 0 Å². The summed E-state index contributed by atoms with van der Waals surface area (Å²) in [5.41, 5.74) is 1.23. The fraction of sp³-hybridized carbons (Fsp3) is 0.417. The topological polar surface area (TPSA) is 29.1 Å². The first kappa shape index (κ1) is 10.1. The molecule has 0 radical (unpaired) electrons. The number of hydrogen-bond donors (Lipinski definition) is 1. The van der Waals surface area contributed by atoms with Gasteiger partial charge in [-0.3, -0.25) is 4.79 Å². The number of benzene rings is 1. The lowest BCUT2D eigenvalue weighted by atomic mass is 9.90. The molecule has 0 saturated heterocycles. The average Bonchev–Trinajstić information content (AvgIpc) is 2.18. The molecule has 3 heteroatoms. The zero-order valence-corrected chi connectivity index (χ0v) is 8.88. The van der Waals surface area contributed by atoms with Gasteiger partial charge in [0, 0.05) is 23.7 Å². The third-order valence-corrected chi connectivity index (χ3v) is 2.83. The van der Waals surface area contributed by atoms with Crippen molar-refractivity contribution in [1.29, 1.82) is 0 Å². The summed E-state index contributed by atoms with van der Waals surface area (Å²) in [7, 11) is 0. The molecule has 1 atom stereocenters. The molecule has 1 aromatic rings. The van der Waals surface area contributed by atoms with Gasteiger partial charge in [0.1, 0.15) is 5.82 Å². The second-order valence-corrected chi connectivity index (χ2v) is 4.31. The molecule has 0 fully saturated rings. The molecule has 1 aromatic carbocycles. The van der Waals surface area contributed by atoms with Crippen molar-refractivity contribution in [2.45, 2.75) is 26.3 Å². The van der Waals surface area contributed by atoms with Gasteiger partial charge in [-0.2, -0.15) is 0 Å². The number of rotatable bonds is 1. The Hall–Kier alpha value is -1.38. The van der Waals surface area contributed by atoms with E-state index in [-0.39, 0.29) is 17.6 Å². The molecule has 0 spiro atoms. The quantitative estimate of drug-likeness (QED) is 0.767. The molecule has 1 heterocycles. The van der Waals surface area contributed by atoms with Crippen LogP contribution in [0.1, 0.15) is 30.6 Å². The lowest BCUT2D eigenvalue weighted by molar-refractivity contribution is 0.0965. The van der Waals surface area contributed by atoms with E-state index in [1.165, 1.54) is 12.1 Å². The first-order chi connectivity index (χ1) is 7.08. The average molecular weight is 207 g/mol. The van der Waals surface area contributed by atoms with Gasteiger partial charge < -0.3 is 5.32 Å². The van der Waals surface area contributed by atoms with Crippen molar-refractivity contribution in [3.8, 4) is 0 Å². The van der Waals surface area contributed by atoms with E-state index in [4.69, 9.17) is 0 Å². The predicted octanol–water partition coefficient (Wildman–Crippen LogP) is 2.85. The van der Waals surface area contributed by atoms with E-state index in [2.05, 4.69) is 19.2 Å². The van der Waals surface area contributed by atoms with Gasteiger partial charge in [-0.15, -0.1) is 0 Å². The van der Waals surface area contributed by atoms with Crippen LogP contribution in [0.4, 0.5) is 10.1 Å². The van der Waals surface area contributed by atoms with Gasteiger partial charge in [0.15, 0.2) is 5.78 Å². The molecule has 0 amide bonds. The summed E-state index contributed by atoms with van der Waals surface area (Å²) in [5, 5.41) is 3.27. The van der Waals surface area contributed by atoms with Gasteiger partial charge in [-0.1, -0.05) is 13.8 Å². The van der Waals surface area contributed by atoms with Crippen molar-refractivity contribution in [3.05, 3.63) is 29.6 Å². The molecule has 1 aliphatic rings. The molecular weight excluding hydrogens is 193 g/mol. The maximum Gasteiger partial charge on any atom is 0.167 e. The highest BCUT2D eigenvalue weighted by molar-refractivity contribution is 6.03. The minimum Gasteiger partial charge on any atom is -0.381 e. The molecular formula is C12H14FNO. The lowest BCUT2D eigenvalue weighted by Gasteiger charge is -2.28. The highest BCUT2D eigenvalue weighted by Crippen LogP contribution is 2.28. The first-order valence-electron chi connectivity index (χ1n) is 5.17. The standard InChI is InChI=1S/C12H14FNO/c1-7(2)11-6-12(15)9-5-8(13)3-4-10(9)14-11/h3-5,7,11,14H,6H2,1-2H3. The van der Waals surface area contributed by atoms with Gasteiger partial charge in [-0.05, 0) is 24.1 Å². The SMILES string of the molecule is CC(C)C1CC(=O)c2cc(F)ccc2N1. The van der Waals surface area contributed by atoms with Gasteiger partial charge in [0.05, 0.1) is 0 Å². The smallest absolute Gasteiger partial charge is 0.167 e. The third kappa shape index (κ3) is 1.87. The van der Waals surface area contributed by atoms with E-state index < -0.39 is 0 Å². The second kappa shape index (κ2) is 3.65. The molecule has 2 rings (SSSR count). The predicted molar refractivity (Wildman–Crippen MR) is 57.6 cm³/mol. The van der Waals surface area contributed by atoms with Gasteiger partial charge in [0.2, 0.25) is 0 Å². The van der Waals surface area contributed by atoms with Crippen LogP contribution in [-0.2, 0) is 0 Å². The van der Waals surface area contributed by atoms with E-state index in [0.717, 1.165) is 5.69 Å². The largest absolute Gasteiger partial charge is 0.381 e. The highest BCUT2D eigenvalue weighted by atomic mass is 19.1. The van der Waals surface area contributed by atoms with Gasteiger partial charge in [0.25, 0.3) is 0 Å². The maximum atomic E-state index is 12.9. The van der Waals surface area contributed by atoms with E-state index in [1.54, 1.807) is 6.07 Å². The Labute approximate surface area is 88.5 Å². The van der Waals surface area contributed by atoms with Gasteiger partial charge in [-0.25, -0.2) is 4.39 Å². The normalized spacial score (nSPS) is 20.0. The summed E-state index contributed by atoms with van der Waals surface area (Å²) in [4.78, 5) is 11.7. The van der Waals surface area contributed by atoms with E-state index >= 15 is 0 Å². The van der Waals surface area contributed by atoms with Crippen molar-refractivity contribution in [2.75, 3.05) is 5.32 Å². The first-order valence-corrected chi connectivity index (χ1v) is 5.17. The van der Waals surface area contributed by atoms with Crippen molar-refractivity contribution in [1.82, 2.24) is 0 Å². The van der Waals surface area contributed by atoms with Gasteiger partial charge >= 0.3 is 0 Å². The second-order valence-electron chi connectivity index (χ2n) is 4.31. The number of carbonyl (C=O) groups is 1. The molecule has 1 unspecified atom stereocenters. The Balaban J connectivity index is 2.37. The summed E-state index contributed by atoms with van der Waals surface area (Å²) < 4.78 is 12.9. The number of carbonyl (C=O) groups excluding carboxylic acids is 1. The molecule has 1 aliphatic heterocycles. The van der Waals surface area contributed by atoms with E-state index in [9.17, 15) is 9.18 Å². The van der Waals surface area contributed by atoms with Crippen LogP contribution < -0.4 is 5.32 Å². The van der Waals surface area contributed by atoms with Crippen LogP contribution in [0.3, 0.4) is 0 Å². The number of Topliss-reactive ketones (excluding diaryl/α,β-unsaturated/α-hetero) is 1. The van der Waals surface area contributed by atoms with Crippen LogP contribution in [0.2, 0.25) is 0 Å². The molecule has 0 aromatic heterocycles. The Bertz CT molecular complexity index is 401. The number of anilines is 1. The maximum absolute atomic E-state index is 12.9. The van der Waals surface area contributed by atoms with Crippen LogP contribution >= 0.6 is 0 Å². The van der Waals surface area contributed by atoms with E-state index in [1.807, 2.05) is 0 Å². The molecule has 2 nitrogen and oxygen atoms in total. The number of ketones is 1. The Morgan fingerprint density at radius 2 is 2.20 bits per heavy atom. The fourth-order valence-electron chi connectivity index (χ4n) is 1.84. The summed E-state index contributed by atoms with van der Waals surface area (Å²) in [6.07, 6.45) is 0.452. The molecule has 0 saturated carbocycles. The van der Waals surface area contributed by atoms with Crippen LogP contribution in [0.15, 0.2) is 18.2 Å². The van der Waals surface area contributed by atoms with Crippen molar-refractivity contribution in [2.24, 2.45) is 5.92 Å². The van der Waals surface area contributed by atoms with Crippen molar-refractivity contribution in [3.63, 3.8) is 0 Å². The van der Waals surface area contributed by atoms with Crippen molar-refractivity contribution >= 4 is 11.5 Å². The summed E-state index contributed by atoms with van der Waals surface area (Å²) in [5.74, 6) is 0.0704. The molecule has 15 heavy (non-hydrogen) atoms. The van der Waals surface area contributed by atoms with Crippen LogP contribution in [-0.4, -0.2) is 11.8 Å². The monoisotopic (exact) mass is 207 g/mol. The number of halogens is 1. The summed E-state index contributed by atoms with van der Waals surface area (Å²) in [6, 6.07) is 4.48. The third-order valence-electron chi connectivity index (χ3n) is 2.83.